The molecule has 7 heteroatoms. The van der Waals surface area contributed by atoms with Gasteiger partial charge in [-0.15, -0.1) is 10.2 Å². The van der Waals surface area contributed by atoms with E-state index in [4.69, 9.17) is 5.26 Å². The number of anilines is 1. The van der Waals surface area contributed by atoms with E-state index in [1.54, 1.807) is 12.4 Å². The first-order chi connectivity index (χ1) is 11.1. The lowest BCUT2D eigenvalue weighted by molar-refractivity contribution is 0.137. The highest BCUT2D eigenvalue weighted by Gasteiger charge is 2.35. The van der Waals surface area contributed by atoms with E-state index in [1.165, 1.54) is 0 Å². The number of nitriles is 1. The van der Waals surface area contributed by atoms with Crippen LogP contribution in [0.4, 0.5) is 5.69 Å². The standard InChI is InChI=1S/C16H20N6O/c1-10-3-13(6-14(7-17)20-10)18-8-12-4-11(5-15(12)23)16-21-19-9-22(16)2/h3,6,9,11-12,15,23H,4-5,8H2,1-2H3,(H,18,20)/t11-,12+,15+/m0/s1. The number of rotatable bonds is 4. The fourth-order valence-electron chi connectivity index (χ4n) is 3.27. The van der Waals surface area contributed by atoms with Crippen molar-refractivity contribution >= 4 is 5.69 Å². The van der Waals surface area contributed by atoms with E-state index in [1.807, 2.05) is 24.6 Å². The molecule has 2 aromatic rings. The summed E-state index contributed by atoms with van der Waals surface area (Å²) in [5, 5.41) is 30.7. The van der Waals surface area contributed by atoms with Gasteiger partial charge in [-0.2, -0.15) is 5.26 Å². The summed E-state index contributed by atoms with van der Waals surface area (Å²) in [7, 11) is 1.93. The van der Waals surface area contributed by atoms with Gasteiger partial charge < -0.3 is 15.0 Å². The van der Waals surface area contributed by atoms with E-state index in [2.05, 4.69) is 26.6 Å². The first-order valence-electron chi connectivity index (χ1n) is 7.71. The van der Waals surface area contributed by atoms with Gasteiger partial charge in [0.05, 0.1) is 6.10 Å². The maximum Gasteiger partial charge on any atom is 0.142 e. The Bertz CT molecular complexity index is 734. The summed E-state index contributed by atoms with van der Waals surface area (Å²) in [6, 6.07) is 5.69. The Morgan fingerprint density at radius 3 is 2.96 bits per heavy atom. The van der Waals surface area contributed by atoms with Crippen molar-refractivity contribution in [3.63, 3.8) is 0 Å². The number of hydrogen-bond donors (Lipinski definition) is 2. The molecule has 1 aliphatic rings. The summed E-state index contributed by atoms with van der Waals surface area (Å²) in [4.78, 5) is 4.13. The van der Waals surface area contributed by atoms with Crippen LogP contribution in [0, 0.1) is 24.2 Å². The van der Waals surface area contributed by atoms with Gasteiger partial charge >= 0.3 is 0 Å². The molecule has 7 nitrogen and oxygen atoms in total. The highest BCUT2D eigenvalue weighted by molar-refractivity contribution is 5.48. The SMILES string of the molecule is Cc1cc(NC[C@H]2C[C@H](c3nncn3C)C[C@H]2O)cc(C#N)n1. The maximum absolute atomic E-state index is 10.3. The number of aliphatic hydroxyl groups is 1. The van der Waals surface area contributed by atoms with Crippen LogP contribution in [0.3, 0.4) is 0 Å². The summed E-state index contributed by atoms with van der Waals surface area (Å²) < 4.78 is 1.92. The maximum atomic E-state index is 10.3. The molecule has 1 fully saturated rings. The number of aryl methyl sites for hydroxylation is 2. The highest BCUT2D eigenvalue weighted by Crippen LogP contribution is 2.37. The summed E-state index contributed by atoms with van der Waals surface area (Å²) in [6.07, 6.45) is 2.91. The Labute approximate surface area is 135 Å². The van der Waals surface area contributed by atoms with Gasteiger partial charge in [-0.1, -0.05) is 0 Å². The molecule has 2 aromatic heterocycles. The largest absolute Gasteiger partial charge is 0.393 e. The van der Waals surface area contributed by atoms with Gasteiger partial charge in [-0.3, -0.25) is 0 Å². The molecule has 0 saturated heterocycles. The van der Waals surface area contributed by atoms with E-state index >= 15 is 0 Å². The van der Waals surface area contributed by atoms with Crippen LogP contribution < -0.4 is 5.32 Å². The lowest BCUT2D eigenvalue weighted by atomic mass is 10.0. The van der Waals surface area contributed by atoms with Gasteiger partial charge in [0.15, 0.2) is 0 Å². The van der Waals surface area contributed by atoms with Crippen LogP contribution >= 0.6 is 0 Å². The number of nitrogens with one attached hydrogen (secondary N) is 1. The van der Waals surface area contributed by atoms with Gasteiger partial charge in [-0.25, -0.2) is 4.98 Å². The number of nitrogens with zero attached hydrogens (tertiary/aromatic N) is 5. The minimum atomic E-state index is -0.359. The van der Waals surface area contributed by atoms with Crippen molar-refractivity contribution in [3.05, 3.63) is 35.7 Å². The van der Waals surface area contributed by atoms with Crippen LogP contribution in [-0.4, -0.2) is 37.5 Å². The zero-order chi connectivity index (χ0) is 16.4. The third-order valence-electron chi connectivity index (χ3n) is 4.41. The summed E-state index contributed by atoms with van der Waals surface area (Å²) in [5.74, 6) is 1.31. The molecule has 0 aliphatic heterocycles. The van der Waals surface area contributed by atoms with Crippen molar-refractivity contribution < 1.29 is 5.11 Å². The number of hydrogen-bond acceptors (Lipinski definition) is 6. The Morgan fingerprint density at radius 2 is 2.26 bits per heavy atom. The van der Waals surface area contributed by atoms with Crippen LogP contribution in [0.5, 0.6) is 0 Å². The van der Waals surface area contributed by atoms with Gasteiger partial charge in [0.2, 0.25) is 0 Å². The number of aliphatic hydroxyl groups excluding tert-OH is 1. The third kappa shape index (κ3) is 3.32. The van der Waals surface area contributed by atoms with E-state index in [0.717, 1.165) is 23.6 Å². The van der Waals surface area contributed by atoms with E-state index in [-0.39, 0.29) is 17.9 Å². The minimum Gasteiger partial charge on any atom is -0.393 e. The van der Waals surface area contributed by atoms with E-state index in [0.29, 0.717) is 18.7 Å². The summed E-state index contributed by atoms with van der Waals surface area (Å²) >= 11 is 0. The first kappa shape index (κ1) is 15.4. The zero-order valence-corrected chi connectivity index (χ0v) is 13.3. The fourth-order valence-corrected chi connectivity index (χ4v) is 3.27. The second-order valence-corrected chi connectivity index (χ2v) is 6.17. The Kier molecular flexibility index (Phi) is 4.26. The van der Waals surface area contributed by atoms with Crippen molar-refractivity contribution in [1.82, 2.24) is 19.7 Å². The molecule has 120 valence electrons. The van der Waals surface area contributed by atoms with Gasteiger partial charge in [0, 0.05) is 36.8 Å². The van der Waals surface area contributed by atoms with E-state index in [9.17, 15) is 5.11 Å². The van der Waals surface area contributed by atoms with Gasteiger partial charge in [-0.05, 0) is 31.9 Å². The molecular weight excluding hydrogens is 292 g/mol. The molecule has 3 rings (SSSR count). The molecule has 3 atom stereocenters. The smallest absolute Gasteiger partial charge is 0.142 e. The van der Waals surface area contributed by atoms with Crippen molar-refractivity contribution in [3.8, 4) is 6.07 Å². The van der Waals surface area contributed by atoms with Gasteiger partial charge in [0.25, 0.3) is 0 Å². The third-order valence-corrected chi connectivity index (χ3v) is 4.41. The van der Waals surface area contributed by atoms with Crippen molar-refractivity contribution in [2.75, 3.05) is 11.9 Å². The van der Waals surface area contributed by atoms with Crippen LogP contribution in [0.2, 0.25) is 0 Å². The summed E-state index contributed by atoms with van der Waals surface area (Å²) in [6.45, 7) is 2.52. The Balaban J connectivity index is 1.64. The lowest BCUT2D eigenvalue weighted by Gasteiger charge is -2.16. The van der Waals surface area contributed by atoms with Gasteiger partial charge in [0.1, 0.15) is 23.9 Å². The molecule has 2 N–H and O–H groups in total. The molecule has 23 heavy (non-hydrogen) atoms. The molecule has 0 radical (unpaired) electrons. The molecular formula is C16H20N6O. The fraction of sp³-hybridized carbons (Fsp3) is 0.500. The lowest BCUT2D eigenvalue weighted by Crippen LogP contribution is -2.22. The average Bonchev–Trinajstić information content (AvgIpc) is 3.10. The molecule has 1 saturated carbocycles. The molecule has 0 unspecified atom stereocenters. The predicted molar refractivity (Wildman–Crippen MR) is 84.7 cm³/mol. The van der Waals surface area contributed by atoms with Crippen LogP contribution in [-0.2, 0) is 7.05 Å². The minimum absolute atomic E-state index is 0.149. The van der Waals surface area contributed by atoms with Crippen molar-refractivity contribution in [2.45, 2.75) is 31.8 Å². The van der Waals surface area contributed by atoms with Crippen LogP contribution in [0.25, 0.3) is 0 Å². The Morgan fingerprint density at radius 1 is 1.43 bits per heavy atom. The van der Waals surface area contributed by atoms with Crippen molar-refractivity contribution in [1.29, 1.82) is 5.26 Å². The topological polar surface area (TPSA) is 99.6 Å². The number of aromatic nitrogens is 4. The monoisotopic (exact) mass is 312 g/mol. The molecule has 0 aromatic carbocycles. The molecule has 0 spiro atoms. The van der Waals surface area contributed by atoms with Crippen molar-refractivity contribution in [2.24, 2.45) is 13.0 Å². The molecule has 1 aliphatic carbocycles. The molecule has 0 amide bonds. The first-order valence-corrected chi connectivity index (χ1v) is 7.71. The molecule has 0 bridgehead atoms. The highest BCUT2D eigenvalue weighted by atomic mass is 16.3. The number of pyridine rings is 1. The normalized spacial score (nSPS) is 23.7. The zero-order valence-electron chi connectivity index (χ0n) is 13.3. The quantitative estimate of drug-likeness (QED) is 0.884. The summed E-state index contributed by atoms with van der Waals surface area (Å²) in [5.41, 5.74) is 2.07. The average molecular weight is 312 g/mol. The predicted octanol–water partition coefficient (Wildman–Crippen LogP) is 1.36. The molecule has 2 heterocycles. The second kappa shape index (κ2) is 6.34. The van der Waals surface area contributed by atoms with Crippen LogP contribution in [0.1, 0.15) is 36.0 Å². The second-order valence-electron chi connectivity index (χ2n) is 6.17. The Hall–Kier alpha value is -2.46. The van der Waals surface area contributed by atoms with Crippen LogP contribution in [0.15, 0.2) is 18.5 Å². The van der Waals surface area contributed by atoms with E-state index < -0.39 is 0 Å².